The van der Waals surface area contributed by atoms with Gasteiger partial charge in [-0.15, -0.1) is 0 Å². The van der Waals surface area contributed by atoms with Crippen molar-refractivity contribution in [2.24, 2.45) is 0 Å². The van der Waals surface area contributed by atoms with Crippen molar-refractivity contribution in [3.8, 4) is 11.1 Å². The van der Waals surface area contributed by atoms with E-state index >= 15 is 0 Å². The van der Waals surface area contributed by atoms with Crippen LogP contribution in [-0.4, -0.2) is 39.2 Å². The van der Waals surface area contributed by atoms with Gasteiger partial charge in [-0.2, -0.15) is 5.10 Å². The average Bonchev–Trinajstić information content (AvgIpc) is 3.26. The summed E-state index contributed by atoms with van der Waals surface area (Å²) < 4.78 is 0. The average molecular weight is 448 g/mol. The summed E-state index contributed by atoms with van der Waals surface area (Å²) in [5.41, 5.74) is 10.8. The second kappa shape index (κ2) is 7.64. The van der Waals surface area contributed by atoms with Gasteiger partial charge in [0.2, 0.25) is 0 Å². The number of nitrogens with two attached hydrogens (primary N) is 1. The monoisotopic (exact) mass is 447 g/mol. The molecule has 164 valence electrons. The zero-order chi connectivity index (χ0) is 21.8. The third kappa shape index (κ3) is 3.12. The molecule has 32 heavy (non-hydrogen) atoms. The third-order valence-corrected chi connectivity index (χ3v) is 7.82. The Bertz CT molecular complexity index is 1380. The summed E-state index contributed by atoms with van der Waals surface area (Å²) in [5.74, 6) is 0.524. The molecular formula is C25H26ClN5O. The van der Waals surface area contributed by atoms with Gasteiger partial charge in [0.05, 0.1) is 16.7 Å². The van der Waals surface area contributed by atoms with Crippen LogP contribution in [-0.2, 0) is 0 Å². The van der Waals surface area contributed by atoms with E-state index in [2.05, 4.69) is 32.2 Å². The van der Waals surface area contributed by atoms with Gasteiger partial charge in [-0.05, 0) is 74.0 Å². The number of likely N-dealkylation sites (tertiary alicyclic amines) is 1. The summed E-state index contributed by atoms with van der Waals surface area (Å²) >= 11 is 6.35. The molecule has 0 bridgehead atoms. The van der Waals surface area contributed by atoms with E-state index in [-0.39, 0.29) is 11.2 Å². The summed E-state index contributed by atoms with van der Waals surface area (Å²) in [6, 6.07) is 11.0. The minimum atomic E-state index is -0.277. The van der Waals surface area contributed by atoms with Gasteiger partial charge in [0.15, 0.2) is 0 Å². The van der Waals surface area contributed by atoms with Crippen LogP contribution in [0.3, 0.4) is 0 Å². The Kier molecular flexibility index (Phi) is 4.73. The predicted molar refractivity (Wildman–Crippen MR) is 130 cm³/mol. The zero-order valence-electron chi connectivity index (χ0n) is 17.8. The second-order valence-electron chi connectivity index (χ2n) is 9.20. The summed E-state index contributed by atoms with van der Waals surface area (Å²) in [4.78, 5) is 18.3. The number of nitrogen functional groups attached to an aromatic ring is 1. The number of H-pyrrole nitrogens is 2. The van der Waals surface area contributed by atoms with Crippen molar-refractivity contribution in [3.63, 3.8) is 0 Å². The largest absolute Gasteiger partial charge is 0.394 e. The molecule has 0 atom stereocenters. The number of pyridine rings is 1. The highest BCUT2D eigenvalue weighted by Gasteiger charge is 2.29. The number of rotatable bonds is 3. The molecule has 1 aliphatic heterocycles. The van der Waals surface area contributed by atoms with E-state index in [4.69, 9.17) is 17.3 Å². The number of nitrogens with one attached hydrogen (secondary N) is 2. The Morgan fingerprint density at radius 2 is 1.88 bits per heavy atom. The second-order valence-corrected chi connectivity index (χ2v) is 9.60. The summed E-state index contributed by atoms with van der Waals surface area (Å²) in [5, 5.41) is 9.53. The summed E-state index contributed by atoms with van der Waals surface area (Å²) in [7, 11) is 0. The van der Waals surface area contributed by atoms with Crippen LogP contribution in [0, 0.1) is 0 Å². The van der Waals surface area contributed by atoms with Crippen LogP contribution in [0.1, 0.15) is 43.6 Å². The standard InChI is InChI=1S/C25H26ClN5O/c26-20-6-5-17(19-13-28-30-24(19)20)22-18-12-15(4-7-21(18)29-25(32)23(22)27)14-8-10-31(11-9-14)16-2-1-3-16/h4-7,12-14,16H,1-3,8-11,27H2,(H,28,30)(H,29,32). The number of aromatic nitrogens is 3. The lowest BCUT2D eigenvalue weighted by atomic mass is 9.84. The van der Waals surface area contributed by atoms with Crippen LogP contribution in [0.15, 0.2) is 41.3 Å². The molecule has 0 radical (unpaired) electrons. The van der Waals surface area contributed by atoms with Crippen LogP contribution in [0.25, 0.3) is 32.9 Å². The Hall–Kier alpha value is -2.83. The molecule has 2 fully saturated rings. The number of fused-ring (bicyclic) bond motifs is 2. The van der Waals surface area contributed by atoms with E-state index in [9.17, 15) is 4.79 Å². The molecule has 4 N–H and O–H groups in total. The molecule has 1 aliphatic carbocycles. The predicted octanol–water partition coefficient (Wildman–Crippen LogP) is 5.04. The van der Waals surface area contributed by atoms with Crippen molar-refractivity contribution in [2.75, 3.05) is 18.8 Å². The van der Waals surface area contributed by atoms with Crippen molar-refractivity contribution in [3.05, 3.63) is 57.5 Å². The van der Waals surface area contributed by atoms with E-state index in [0.717, 1.165) is 39.0 Å². The first-order valence-electron chi connectivity index (χ1n) is 11.4. The van der Waals surface area contributed by atoms with Gasteiger partial charge in [-0.1, -0.05) is 30.2 Å². The van der Waals surface area contributed by atoms with Crippen LogP contribution in [0.4, 0.5) is 5.69 Å². The lowest BCUT2D eigenvalue weighted by Crippen LogP contribution is -2.44. The molecule has 2 aromatic heterocycles. The summed E-state index contributed by atoms with van der Waals surface area (Å²) in [6.45, 7) is 2.33. The van der Waals surface area contributed by atoms with E-state index < -0.39 is 0 Å². The number of benzene rings is 2. The highest BCUT2D eigenvalue weighted by Crippen LogP contribution is 2.40. The smallest absolute Gasteiger partial charge is 0.272 e. The molecule has 3 heterocycles. The molecule has 2 aliphatic rings. The number of anilines is 1. The first-order valence-corrected chi connectivity index (χ1v) is 11.8. The molecule has 1 saturated carbocycles. The molecule has 6 rings (SSSR count). The van der Waals surface area contributed by atoms with E-state index in [1.165, 1.54) is 50.8 Å². The van der Waals surface area contributed by atoms with Crippen LogP contribution >= 0.6 is 11.6 Å². The summed E-state index contributed by atoms with van der Waals surface area (Å²) in [6.07, 6.45) is 8.18. The lowest BCUT2D eigenvalue weighted by molar-refractivity contribution is 0.0976. The normalized spacial score (nSPS) is 18.4. The fourth-order valence-corrected chi connectivity index (χ4v) is 5.65. The van der Waals surface area contributed by atoms with Crippen LogP contribution < -0.4 is 11.3 Å². The van der Waals surface area contributed by atoms with Crippen LogP contribution in [0.5, 0.6) is 0 Å². The van der Waals surface area contributed by atoms with Gasteiger partial charge in [-0.3, -0.25) is 9.89 Å². The fraction of sp³-hybridized carbons (Fsp3) is 0.360. The van der Waals surface area contributed by atoms with E-state index in [1.807, 2.05) is 18.2 Å². The molecule has 0 spiro atoms. The fourth-order valence-electron chi connectivity index (χ4n) is 5.44. The van der Waals surface area contributed by atoms with Gasteiger partial charge in [0.25, 0.3) is 5.56 Å². The maximum atomic E-state index is 12.7. The lowest BCUT2D eigenvalue weighted by Gasteiger charge is -2.42. The van der Waals surface area contributed by atoms with Crippen molar-refractivity contribution in [1.29, 1.82) is 0 Å². The maximum Gasteiger partial charge on any atom is 0.272 e. The first-order chi connectivity index (χ1) is 15.6. The number of halogens is 1. The molecule has 1 saturated heterocycles. The van der Waals surface area contributed by atoms with Crippen molar-refractivity contribution >= 4 is 39.1 Å². The SMILES string of the molecule is Nc1c(-c2ccc(Cl)c3[nH]ncc23)c2cc(C3CCN(C4CCC4)CC3)ccc2[nH]c1=O. The van der Waals surface area contributed by atoms with Gasteiger partial charge in [0, 0.05) is 27.9 Å². The minimum Gasteiger partial charge on any atom is -0.394 e. The minimum absolute atomic E-state index is 0.222. The van der Waals surface area contributed by atoms with Gasteiger partial charge < -0.3 is 15.6 Å². The van der Waals surface area contributed by atoms with E-state index in [1.54, 1.807) is 6.20 Å². The molecule has 4 aromatic rings. The van der Waals surface area contributed by atoms with Gasteiger partial charge in [0.1, 0.15) is 5.69 Å². The third-order valence-electron chi connectivity index (χ3n) is 7.50. The number of piperidine rings is 1. The topological polar surface area (TPSA) is 90.8 Å². The number of aromatic amines is 2. The molecule has 7 heteroatoms. The number of hydrogen-bond donors (Lipinski definition) is 3. The van der Waals surface area contributed by atoms with Gasteiger partial charge >= 0.3 is 0 Å². The Morgan fingerprint density at radius 1 is 1.06 bits per heavy atom. The highest BCUT2D eigenvalue weighted by molar-refractivity contribution is 6.35. The van der Waals surface area contributed by atoms with E-state index in [0.29, 0.717) is 10.9 Å². The van der Waals surface area contributed by atoms with Gasteiger partial charge in [-0.25, -0.2) is 0 Å². The van der Waals surface area contributed by atoms with Crippen molar-refractivity contribution in [1.82, 2.24) is 20.1 Å². The number of nitrogens with zero attached hydrogens (tertiary/aromatic N) is 2. The Labute approximate surface area is 190 Å². The quantitative estimate of drug-likeness (QED) is 0.410. The zero-order valence-corrected chi connectivity index (χ0v) is 18.6. The van der Waals surface area contributed by atoms with Crippen molar-refractivity contribution in [2.45, 2.75) is 44.1 Å². The molecule has 0 amide bonds. The molecule has 2 aromatic carbocycles. The maximum absolute atomic E-state index is 12.7. The highest BCUT2D eigenvalue weighted by atomic mass is 35.5. The Balaban J connectivity index is 1.45. The molecular weight excluding hydrogens is 422 g/mol. The molecule has 6 nitrogen and oxygen atoms in total. The number of hydrogen-bond acceptors (Lipinski definition) is 4. The Morgan fingerprint density at radius 3 is 2.62 bits per heavy atom. The first kappa shape index (κ1) is 19.8. The van der Waals surface area contributed by atoms with Crippen molar-refractivity contribution < 1.29 is 0 Å². The molecule has 0 unspecified atom stereocenters. The van der Waals surface area contributed by atoms with Crippen LogP contribution in [0.2, 0.25) is 5.02 Å².